The number of benzene rings is 5. The van der Waals surface area contributed by atoms with Crippen molar-refractivity contribution < 1.29 is 75.9 Å². The van der Waals surface area contributed by atoms with Gasteiger partial charge in [0.1, 0.15) is 52.6 Å². The minimum atomic E-state index is -1.08. The summed E-state index contributed by atoms with van der Waals surface area (Å²) in [6, 6.07) is 32.4. The fraction of sp³-hybridized carbons (Fsp3) is 0.544. The first-order valence-corrected chi connectivity index (χ1v) is 47.7. The zero-order chi connectivity index (χ0) is 99.2. The van der Waals surface area contributed by atoms with Gasteiger partial charge in [0.15, 0.2) is 0 Å². The predicted octanol–water partition coefficient (Wildman–Crippen LogP) is 12.7. The monoisotopic (exact) mass is 1890 g/mol. The van der Waals surface area contributed by atoms with Crippen molar-refractivity contribution in [3.05, 3.63) is 235 Å². The van der Waals surface area contributed by atoms with Crippen LogP contribution in [0.25, 0.3) is 5.69 Å². The molecule has 0 bridgehead atoms. The van der Waals surface area contributed by atoms with E-state index in [0.29, 0.717) is 99.7 Å². The van der Waals surface area contributed by atoms with Crippen molar-refractivity contribution in [2.75, 3.05) is 159 Å². The Bertz CT molecular complexity index is 4670. The third-order valence-corrected chi connectivity index (χ3v) is 25.0. The van der Waals surface area contributed by atoms with Crippen molar-refractivity contribution in [1.82, 2.24) is 80.4 Å². The molecule has 3 saturated heterocycles. The standard InChI is InChI=1S/C27H41FN4O3.C23H35FN4O.C22H31FN2O4.C17H23FN2O2.C9H7N3O2.C5H12N2/c1-6-13-31(24-19-22(24)20-9-11-21(28)12-10-20)14-7-8-23(29-26(34)35-27(2,3)4)25(33)32-17-15-30(5)16-18-32;1-4-11-27(22-17-20(22)18-7-9-19(24)10-8-18)12-5-6-21(25-2)23(29)28-15-13-26(3)14-16-28;1-5-12-25(19-14-17(19)15-8-10-16(23)11-9-15)13-6-7-18(20(26)27)24-21(28)29-22(2,3)4;1-2-9-20(10-3-4-15(19)17(21)22)16-11-14(16)12-5-7-13(18)8-6-12;13-9(14)7-1-3-8(4-2-7)12-6-5-10-11-12;1-7-4-2-6-3-5-7/h6,9-12,22-24H,1,7-8,13-19H2,2-5H3,(H,29,34);4,7-10,20-22,25H,1,5-6,11-17H2,2-3H3;5,8-11,17-19H,1,6-7,12-14H2,2-4H3,(H,24,28)(H,26,27);2,5-8,14-16H,1,3-4,9-11,19H2,(H,21,22);1-6H,(H,13,14);6H,2-5H2,1H3/t22?,23-,24?;20?,21-,22?;17?,18-,19?;14?,15-,16?;;/m0000../s1. The summed E-state index contributed by atoms with van der Waals surface area (Å²) in [5.41, 5.74) is 9.89. The molecule has 7 fully saturated rings. The van der Waals surface area contributed by atoms with E-state index in [2.05, 4.69) is 106 Å². The topological polar surface area (TPSA) is 333 Å². The molecule has 29 nitrogen and oxygen atoms in total. The molecule has 746 valence electrons. The predicted molar refractivity (Wildman–Crippen MR) is 523 cm³/mol. The van der Waals surface area contributed by atoms with Crippen LogP contribution in [0.2, 0.25) is 0 Å². The van der Waals surface area contributed by atoms with Gasteiger partial charge >= 0.3 is 30.1 Å². The summed E-state index contributed by atoms with van der Waals surface area (Å²) < 4.78 is 64.7. The first-order chi connectivity index (χ1) is 64.9. The van der Waals surface area contributed by atoms with E-state index in [-0.39, 0.29) is 46.7 Å². The van der Waals surface area contributed by atoms with Crippen molar-refractivity contribution in [2.45, 2.75) is 202 Å². The molecule has 6 aromatic rings. The summed E-state index contributed by atoms with van der Waals surface area (Å²) in [4.78, 5) is 103. The molecule has 0 spiro atoms. The molecule has 4 heterocycles. The van der Waals surface area contributed by atoms with Crippen molar-refractivity contribution in [2.24, 2.45) is 5.73 Å². The van der Waals surface area contributed by atoms with Crippen LogP contribution in [0.5, 0.6) is 0 Å². The number of ether oxygens (including phenoxy) is 2. The number of aliphatic carboxylic acids is 2. The van der Waals surface area contributed by atoms with E-state index in [4.69, 9.17) is 25.4 Å². The Morgan fingerprint density at radius 2 is 0.779 bits per heavy atom. The van der Waals surface area contributed by atoms with E-state index in [1.165, 1.54) is 67.2 Å². The number of piperazine rings is 3. The van der Waals surface area contributed by atoms with E-state index in [9.17, 15) is 56.2 Å². The number of carbonyl (C=O) groups is 7. The lowest BCUT2D eigenvalue weighted by Gasteiger charge is -2.35. The van der Waals surface area contributed by atoms with Crippen LogP contribution >= 0.6 is 0 Å². The highest BCUT2D eigenvalue weighted by atomic mass is 19.1. The van der Waals surface area contributed by atoms with Gasteiger partial charge in [-0.15, -0.1) is 31.4 Å². The van der Waals surface area contributed by atoms with Crippen LogP contribution in [0.1, 0.15) is 175 Å². The van der Waals surface area contributed by atoms with Crippen molar-refractivity contribution in [1.29, 1.82) is 0 Å². The zero-order valence-corrected chi connectivity index (χ0v) is 81.4. The smallest absolute Gasteiger partial charge is 0.408 e. The number of carbonyl (C=O) groups excluding carboxylic acids is 4. The lowest BCUT2D eigenvalue weighted by atomic mass is 10.1. The molecular weight excluding hydrogens is 1740 g/mol. The summed E-state index contributed by atoms with van der Waals surface area (Å²) >= 11 is 0. The Hall–Kier alpha value is -10.6. The second kappa shape index (κ2) is 55.7. The molecule has 33 heteroatoms. The van der Waals surface area contributed by atoms with Gasteiger partial charge in [-0.1, -0.05) is 78.0 Å². The fourth-order valence-electron chi connectivity index (χ4n) is 17.2. The molecule has 1 aromatic heterocycles. The highest BCUT2D eigenvalue weighted by Crippen LogP contribution is 2.48. The number of hydrogen-bond donors (Lipinski definition) is 8. The Morgan fingerprint density at radius 3 is 1.07 bits per heavy atom. The molecule has 5 aromatic carbocycles. The average molecular weight is 1890 g/mol. The maximum atomic E-state index is 13.3. The largest absolute Gasteiger partial charge is 0.480 e. The van der Waals surface area contributed by atoms with E-state index >= 15 is 0 Å². The van der Waals surface area contributed by atoms with Gasteiger partial charge in [0.2, 0.25) is 11.8 Å². The Morgan fingerprint density at radius 1 is 0.463 bits per heavy atom. The van der Waals surface area contributed by atoms with E-state index < -0.39 is 59.4 Å². The molecule has 13 rings (SSSR count). The van der Waals surface area contributed by atoms with Gasteiger partial charge in [-0.05, 0) is 268 Å². The first kappa shape index (κ1) is 111. The minimum Gasteiger partial charge on any atom is -0.480 e. The van der Waals surface area contributed by atoms with Gasteiger partial charge in [0, 0.05) is 153 Å². The van der Waals surface area contributed by atoms with Crippen molar-refractivity contribution >= 4 is 41.9 Å². The summed E-state index contributed by atoms with van der Waals surface area (Å²) in [5, 5.41) is 46.1. The number of nitrogens with zero attached hydrogens (tertiary/aromatic N) is 12. The molecule has 3 aliphatic heterocycles. The number of aromatic carboxylic acids is 1. The van der Waals surface area contributed by atoms with E-state index in [0.717, 1.165) is 165 Å². The number of aromatic nitrogens is 3. The van der Waals surface area contributed by atoms with Crippen molar-refractivity contribution in [3.63, 3.8) is 0 Å². The number of halogens is 4. The van der Waals surface area contributed by atoms with Gasteiger partial charge in [0.05, 0.1) is 29.7 Å². The molecule has 4 aliphatic carbocycles. The fourth-order valence-corrected chi connectivity index (χ4v) is 17.2. The number of rotatable bonds is 41. The lowest BCUT2D eigenvalue weighted by molar-refractivity contribution is -0.140. The number of nitrogens with two attached hydrogens (primary N) is 1. The zero-order valence-electron chi connectivity index (χ0n) is 81.4. The number of carboxylic acids is 3. The second-order valence-corrected chi connectivity index (χ2v) is 38.1. The van der Waals surface area contributed by atoms with Crippen LogP contribution < -0.4 is 27.0 Å². The van der Waals surface area contributed by atoms with Gasteiger partial charge in [-0.25, -0.2) is 41.4 Å². The van der Waals surface area contributed by atoms with Crippen molar-refractivity contribution in [3.8, 4) is 5.69 Å². The van der Waals surface area contributed by atoms with E-state index in [1.807, 2.05) is 118 Å². The summed E-state index contributed by atoms with van der Waals surface area (Å²) in [7, 11) is 8.18. The maximum absolute atomic E-state index is 13.3. The van der Waals surface area contributed by atoms with Crippen LogP contribution in [0.15, 0.2) is 184 Å². The van der Waals surface area contributed by atoms with Gasteiger partial charge in [-0.3, -0.25) is 34.0 Å². The van der Waals surface area contributed by atoms with Crippen LogP contribution in [-0.2, 0) is 28.7 Å². The quantitative estimate of drug-likeness (QED) is 0.0131. The van der Waals surface area contributed by atoms with Crippen LogP contribution in [0.4, 0.5) is 27.2 Å². The molecule has 0 radical (unpaired) electrons. The molecular formula is C103H149F4N17O12. The second-order valence-electron chi connectivity index (χ2n) is 38.1. The molecule has 9 N–H and O–H groups in total. The number of amides is 4. The highest BCUT2D eigenvalue weighted by Gasteiger charge is 2.46. The van der Waals surface area contributed by atoms with E-state index in [1.54, 1.807) is 62.1 Å². The summed E-state index contributed by atoms with van der Waals surface area (Å²) in [6.07, 6.45) is 18.9. The van der Waals surface area contributed by atoms with Crippen LogP contribution in [-0.4, -0.2) is 335 Å². The van der Waals surface area contributed by atoms with Gasteiger partial charge in [-0.2, -0.15) is 0 Å². The normalized spacial score (nSPS) is 20.5. The molecule has 8 unspecified atom stereocenters. The van der Waals surface area contributed by atoms with Crippen LogP contribution in [0, 0.1) is 23.3 Å². The molecule has 136 heavy (non-hydrogen) atoms. The summed E-state index contributed by atoms with van der Waals surface area (Å²) in [5.74, 6) is -2.01. The number of carboxylic acid groups (broad SMARTS) is 3. The molecule has 12 atom stereocenters. The Kier molecular flexibility index (Phi) is 45.4. The molecule has 4 saturated carbocycles. The number of nitrogens with one attached hydrogen (secondary N) is 4. The summed E-state index contributed by atoms with van der Waals surface area (Å²) in [6.45, 7) is 43.5. The molecule has 7 aliphatic rings. The third kappa shape index (κ3) is 38.8. The maximum Gasteiger partial charge on any atom is 0.408 e. The van der Waals surface area contributed by atoms with Crippen LogP contribution in [0.3, 0.4) is 0 Å². The minimum absolute atomic E-state index is 0.0464. The Labute approximate surface area is 801 Å². The lowest BCUT2D eigenvalue weighted by Crippen LogP contribution is -2.54. The Balaban J connectivity index is 0.000000209. The third-order valence-electron chi connectivity index (χ3n) is 25.0. The number of hydrogen-bond acceptors (Lipinski definition) is 21. The first-order valence-electron chi connectivity index (χ1n) is 47.7. The average Bonchev–Trinajstić information content (AvgIpc) is 1.65. The number of likely N-dealkylation sites (N-methyl/N-ethyl adjacent to an activating group) is 4. The number of alkyl carbamates (subject to hydrolysis) is 2. The SMILES string of the molecule is C=CCN(CCC[C@H](N)C(=O)O)C1CC1c1ccc(F)cc1.C=CCN(CCC[C@H](NC(=O)OC(C)(C)C)C(=O)N1CCN(C)CC1)C1CC1c1ccc(F)cc1.C=CCN(CCC[C@H](NC(=O)OC(C)(C)C)C(=O)O)C1CC1c1ccc(F)cc1.C=CCN(CCC[C@H](NC)C(=O)N1CCN(C)CC1)C1CC1c1ccc(F)cc1.CN1CCNCC1.O=C(O)c1ccc(-n2ccnn2)cc1. The van der Waals surface area contributed by atoms with Gasteiger partial charge in [0.25, 0.3) is 0 Å². The van der Waals surface area contributed by atoms with Gasteiger partial charge < -0.3 is 76.3 Å². The highest BCUT2D eigenvalue weighted by molar-refractivity contribution is 5.88. The molecule has 4 amide bonds.